The maximum absolute atomic E-state index is 12.4. The van der Waals surface area contributed by atoms with Gasteiger partial charge in [0.1, 0.15) is 17.1 Å². The molecule has 0 aliphatic carbocycles. The largest absolute Gasteiger partial charge is 0.466 e. The van der Waals surface area contributed by atoms with Gasteiger partial charge in [0.05, 0.1) is 14.2 Å². The Bertz CT molecular complexity index is 846. The lowest BCUT2D eigenvalue weighted by Gasteiger charge is -2.33. The summed E-state index contributed by atoms with van der Waals surface area (Å²) in [5.41, 5.74) is 1.09. The molecule has 0 saturated carbocycles. The lowest BCUT2D eigenvalue weighted by atomic mass is 9.86. The third kappa shape index (κ3) is 7.03. The number of esters is 2. The average Bonchev–Trinajstić information content (AvgIpc) is 3.05. The van der Waals surface area contributed by atoms with Gasteiger partial charge in [-0.2, -0.15) is 0 Å². The number of rotatable bonds is 11. The highest BCUT2D eigenvalue weighted by Gasteiger charge is 2.47. The summed E-state index contributed by atoms with van der Waals surface area (Å²) in [5.74, 6) is -3.29. The maximum Gasteiger partial charge on any atom is 0.340 e. The van der Waals surface area contributed by atoms with Gasteiger partial charge >= 0.3 is 11.9 Å². The molecule has 0 spiro atoms. The quantitative estimate of drug-likeness (QED) is 0.278. The standard InChI is InChI=1S/C23H30O8/c1-14(2)18(9-8-17(10-15(3)24)21(26)28-5)13-23(30-7)20(22(27)29-6)12-19(31-23)11-16(4)25/h8,11-12,18H,1,9-10,13H2,2-7H3/b17-8+,19-11-/t18-,23+/m0/s1. The van der Waals surface area contributed by atoms with E-state index in [-0.39, 0.29) is 47.2 Å². The van der Waals surface area contributed by atoms with Gasteiger partial charge in [-0.25, -0.2) is 9.59 Å². The van der Waals surface area contributed by atoms with Crippen molar-refractivity contribution < 1.29 is 38.1 Å². The van der Waals surface area contributed by atoms with E-state index >= 15 is 0 Å². The molecule has 0 aromatic carbocycles. The van der Waals surface area contributed by atoms with Crippen LogP contribution >= 0.6 is 0 Å². The van der Waals surface area contributed by atoms with Crippen molar-refractivity contribution in [3.05, 3.63) is 47.3 Å². The third-order valence-corrected chi connectivity index (χ3v) is 4.81. The fourth-order valence-electron chi connectivity index (χ4n) is 3.20. The fraction of sp³-hybridized carbons (Fsp3) is 0.478. The van der Waals surface area contributed by atoms with Crippen LogP contribution in [0.2, 0.25) is 0 Å². The van der Waals surface area contributed by atoms with Gasteiger partial charge in [0.25, 0.3) is 0 Å². The van der Waals surface area contributed by atoms with Crippen molar-refractivity contribution in [2.75, 3.05) is 21.3 Å². The Morgan fingerprint density at radius 3 is 2.23 bits per heavy atom. The van der Waals surface area contributed by atoms with Crippen LogP contribution in [0.25, 0.3) is 0 Å². The van der Waals surface area contributed by atoms with Crippen molar-refractivity contribution in [1.29, 1.82) is 0 Å². The first-order valence-corrected chi connectivity index (χ1v) is 9.68. The Morgan fingerprint density at radius 2 is 1.77 bits per heavy atom. The molecule has 0 amide bonds. The molecule has 0 fully saturated rings. The van der Waals surface area contributed by atoms with Gasteiger partial charge in [-0.1, -0.05) is 18.2 Å². The first-order valence-electron chi connectivity index (χ1n) is 9.68. The number of allylic oxidation sites excluding steroid dienone is 4. The van der Waals surface area contributed by atoms with Crippen LogP contribution in [0.3, 0.4) is 0 Å². The molecule has 2 atom stereocenters. The van der Waals surface area contributed by atoms with Gasteiger partial charge in [0, 0.05) is 31.6 Å². The summed E-state index contributed by atoms with van der Waals surface area (Å²) in [7, 11) is 3.86. The minimum absolute atomic E-state index is 0.0552. The second-order valence-electron chi connectivity index (χ2n) is 7.35. The van der Waals surface area contributed by atoms with Crippen LogP contribution in [0.1, 0.15) is 40.0 Å². The second-order valence-corrected chi connectivity index (χ2v) is 7.35. The summed E-state index contributed by atoms with van der Waals surface area (Å²) in [6.45, 7) is 8.54. The molecule has 1 aliphatic heterocycles. The van der Waals surface area contributed by atoms with Crippen LogP contribution in [0.15, 0.2) is 47.3 Å². The highest BCUT2D eigenvalue weighted by molar-refractivity contribution is 5.95. The first-order chi connectivity index (χ1) is 14.5. The molecule has 0 unspecified atom stereocenters. The third-order valence-electron chi connectivity index (χ3n) is 4.81. The predicted octanol–water partition coefficient (Wildman–Crippen LogP) is 2.98. The van der Waals surface area contributed by atoms with Crippen molar-refractivity contribution in [2.45, 2.75) is 45.8 Å². The Kier molecular flexibility index (Phi) is 9.58. The SMILES string of the molecule is C=C(C)[C@@H](C/C=C(\CC(C)=O)C(=O)OC)C[C@@]1(OC)O/C(=C\C(C)=O)C=C1C(=O)OC. The van der Waals surface area contributed by atoms with E-state index in [9.17, 15) is 19.2 Å². The molecule has 1 heterocycles. The number of ether oxygens (including phenoxy) is 4. The summed E-state index contributed by atoms with van der Waals surface area (Å²) in [6, 6.07) is 0. The van der Waals surface area contributed by atoms with Gasteiger partial charge in [0.2, 0.25) is 5.79 Å². The second kappa shape index (κ2) is 11.4. The number of carbonyl (C=O) groups is 4. The van der Waals surface area contributed by atoms with Crippen LogP contribution in [0, 0.1) is 5.92 Å². The highest BCUT2D eigenvalue weighted by Crippen LogP contribution is 2.41. The van der Waals surface area contributed by atoms with Crippen molar-refractivity contribution in [1.82, 2.24) is 0 Å². The van der Waals surface area contributed by atoms with Crippen LogP contribution in [-0.4, -0.2) is 50.6 Å². The van der Waals surface area contributed by atoms with Crippen LogP contribution in [0.4, 0.5) is 0 Å². The van der Waals surface area contributed by atoms with Gasteiger partial charge in [-0.15, -0.1) is 0 Å². The maximum atomic E-state index is 12.4. The smallest absolute Gasteiger partial charge is 0.340 e. The molecule has 0 N–H and O–H groups in total. The summed E-state index contributed by atoms with van der Waals surface area (Å²) in [5, 5.41) is 0. The summed E-state index contributed by atoms with van der Waals surface area (Å²) >= 11 is 0. The molecule has 31 heavy (non-hydrogen) atoms. The lowest BCUT2D eigenvalue weighted by Crippen LogP contribution is -2.39. The Hall–Kier alpha value is -3.00. The van der Waals surface area contributed by atoms with Gasteiger partial charge in [0.15, 0.2) is 5.78 Å². The zero-order valence-corrected chi connectivity index (χ0v) is 18.9. The van der Waals surface area contributed by atoms with Gasteiger partial charge in [-0.3, -0.25) is 9.59 Å². The molecule has 170 valence electrons. The van der Waals surface area contributed by atoms with E-state index in [4.69, 9.17) is 18.9 Å². The molecule has 1 rings (SSSR count). The van der Waals surface area contributed by atoms with E-state index in [0.29, 0.717) is 6.42 Å². The average molecular weight is 434 g/mol. The van der Waals surface area contributed by atoms with Gasteiger partial charge < -0.3 is 18.9 Å². The minimum Gasteiger partial charge on any atom is -0.466 e. The molecule has 1 aliphatic rings. The Morgan fingerprint density at radius 1 is 1.13 bits per heavy atom. The molecule has 0 aromatic heterocycles. The first kappa shape index (κ1) is 26.0. The lowest BCUT2D eigenvalue weighted by molar-refractivity contribution is -0.177. The number of ketones is 2. The number of methoxy groups -OCH3 is 3. The molecule has 0 saturated heterocycles. The predicted molar refractivity (Wildman–Crippen MR) is 113 cm³/mol. The van der Waals surface area contributed by atoms with Crippen LogP contribution in [-0.2, 0) is 38.1 Å². The van der Waals surface area contributed by atoms with Crippen molar-refractivity contribution in [2.24, 2.45) is 5.92 Å². The number of carbonyl (C=O) groups excluding carboxylic acids is 4. The summed E-state index contributed by atoms with van der Waals surface area (Å²) in [6.07, 6.45) is 4.71. The molecule has 0 aromatic rings. The van der Waals surface area contributed by atoms with E-state index in [1.54, 1.807) is 13.0 Å². The van der Waals surface area contributed by atoms with E-state index in [1.165, 1.54) is 47.3 Å². The normalized spacial score (nSPS) is 20.5. The van der Waals surface area contributed by atoms with Gasteiger partial charge in [-0.05, 0) is 39.2 Å². The van der Waals surface area contributed by atoms with Crippen molar-refractivity contribution in [3.8, 4) is 0 Å². The Labute approximate surface area is 182 Å². The van der Waals surface area contributed by atoms with E-state index in [0.717, 1.165) is 5.57 Å². The zero-order chi connectivity index (χ0) is 23.8. The molecular formula is C23H30O8. The summed E-state index contributed by atoms with van der Waals surface area (Å²) < 4.78 is 21.1. The Balaban J connectivity index is 3.30. The monoisotopic (exact) mass is 434 g/mol. The molecule has 8 nitrogen and oxygen atoms in total. The molecule has 0 radical (unpaired) electrons. The molecule has 0 bridgehead atoms. The fourth-order valence-corrected chi connectivity index (χ4v) is 3.20. The van der Waals surface area contributed by atoms with E-state index < -0.39 is 17.7 Å². The van der Waals surface area contributed by atoms with Crippen LogP contribution in [0.5, 0.6) is 0 Å². The number of hydrogen-bond acceptors (Lipinski definition) is 8. The molecule has 8 heteroatoms. The van der Waals surface area contributed by atoms with Crippen LogP contribution < -0.4 is 0 Å². The van der Waals surface area contributed by atoms with E-state index in [1.807, 2.05) is 0 Å². The summed E-state index contributed by atoms with van der Waals surface area (Å²) in [4.78, 5) is 47.4. The van der Waals surface area contributed by atoms with Crippen molar-refractivity contribution in [3.63, 3.8) is 0 Å². The molecular weight excluding hydrogens is 404 g/mol. The number of hydrogen-bond donors (Lipinski definition) is 0. The topological polar surface area (TPSA) is 105 Å². The zero-order valence-electron chi connectivity index (χ0n) is 18.9. The van der Waals surface area contributed by atoms with E-state index in [2.05, 4.69) is 6.58 Å². The van der Waals surface area contributed by atoms with Crippen molar-refractivity contribution >= 4 is 23.5 Å². The highest BCUT2D eigenvalue weighted by atomic mass is 16.7. The minimum atomic E-state index is -1.50. The number of Topliss-reactive ketones (excluding diaryl/α,β-unsaturated/α-hetero) is 1.